The van der Waals surface area contributed by atoms with E-state index in [0.717, 1.165) is 43.8 Å². The first-order chi connectivity index (χ1) is 11.0. The number of hydrogen-bond donors (Lipinski definition) is 2. The molecule has 7 nitrogen and oxygen atoms in total. The Morgan fingerprint density at radius 3 is 2.52 bits per heavy atom. The van der Waals surface area contributed by atoms with Gasteiger partial charge in [0.1, 0.15) is 5.54 Å². The normalized spacial score (nSPS) is 32.2. The summed E-state index contributed by atoms with van der Waals surface area (Å²) in [7, 11) is 0. The van der Waals surface area contributed by atoms with Gasteiger partial charge in [-0.3, -0.25) is 19.9 Å². The molecule has 1 spiro atoms. The number of carbonyl (C=O) groups excluding carboxylic acids is 3. The molecular weight excluding hydrogens is 296 g/mol. The van der Waals surface area contributed by atoms with E-state index in [-0.39, 0.29) is 18.4 Å². The first kappa shape index (κ1) is 16.2. The minimum atomic E-state index is -0.804. The standard InChI is InChI=1S/C16H26N4O3/c1-12-5-7-16(8-6-12)14(22)20(15(23)17-16)18-13(21)11-19-9-3-2-4-10-19/h12H,2-11H2,1H3,(H,17,23)(H,18,21). The summed E-state index contributed by atoms with van der Waals surface area (Å²) in [4.78, 5) is 39.0. The van der Waals surface area contributed by atoms with Crippen LogP contribution < -0.4 is 10.7 Å². The first-order valence-electron chi connectivity index (χ1n) is 8.69. The van der Waals surface area contributed by atoms with Gasteiger partial charge in [-0.15, -0.1) is 0 Å². The van der Waals surface area contributed by atoms with Crippen molar-refractivity contribution in [2.75, 3.05) is 19.6 Å². The zero-order chi connectivity index (χ0) is 16.4. The second-order valence-corrected chi connectivity index (χ2v) is 7.21. The summed E-state index contributed by atoms with van der Waals surface area (Å²) in [6, 6.07) is -0.503. The van der Waals surface area contributed by atoms with Gasteiger partial charge in [-0.25, -0.2) is 4.79 Å². The summed E-state index contributed by atoms with van der Waals surface area (Å²) < 4.78 is 0. The fourth-order valence-corrected chi connectivity index (χ4v) is 3.80. The molecule has 3 rings (SSSR count). The summed E-state index contributed by atoms with van der Waals surface area (Å²) in [5, 5.41) is 3.70. The average Bonchev–Trinajstić information content (AvgIpc) is 2.76. The Morgan fingerprint density at radius 2 is 1.87 bits per heavy atom. The highest BCUT2D eigenvalue weighted by molar-refractivity contribution is 6.08. The van der Waals surface area contributed by atoms with Crippen LogP contribution in [0.25, 0.3) is 0 Å². The predicted molar refractivity (Wildman–Crippen MR) is 84.2 cm³/mol. The van der Waals surface area contributed by atoms with Crippen molar-refractivity contribution in [2.45, 2.75) is 57.4 Å². The van der Waals surface area contributed by atoms with Crippen LogP contribution in [0.5, 0.6) is 0 Å². The quantitative estimate of drug-likeness (QED) is 0.760. The maximum atomic E-state index is 12.6. The van der Waals surface area contributed by atoms with Crippen LogP contribution in [0.1, 0.15) is 51.9 Å². The maximum absolute atomic E-state index is 12.6. The van der Waals surface area contributed by atoms with Gasteiger partial charge in [0.15, 0.2) is 0 Å². The van der Waals surface area contributed by atoms with Gasteiger partial charge in [0.05, 0.1) is 6.54 Å². The minimum Gasteiger partial charge on any atom is -0.322 e. The molecule has 0 aromatic heterocycles. The Hall–Kier alpha value is -1.63. The lowest BCUT2D eigenvalue weighted by Gasteiger charge is -2.33. The molecule has 0 radical (unpaired) electrons. The topological polar surface area (TPSA) is 81.8 Å². The smallest absolute Gasteiger partial charge is 0.322 e. The van der Waals surface area contributed by atoms with Gasteiger partial charge in [-0.1, -0.05) is 13.3 Å². The summed E-state index contributed by atoms with van der Waals surface area (Å²) in [6.07, 6.45) is 6.53. The molecule has 2 aliphatic heterocycles. The van der Waals surface area contributed by atoms with Crippen LogP contribution in [0.15, 0.2) is 0 Å². The fraction of sp³-hybridized carbons (Fsp3) is 0.812. The average molecular weight is 322 g/mol. The summed E-state index contributed by atoms with van der Waals surface area (Å²) >= 11 is 0. The van der Waals surface area contributed by atoms with E-state index in [0.29, 0.717) is 18.8 Å². The third-order valence-electron chi connectivity index (χ3n) is 5.34. The molecule has 23 heavy (non-hydrogen) atoms. The third kappa shape index (κ3) is 3.34. The Bertz CT molecular complexity index is 494. The van der Waals surface area contributed by atoms with Crippen molar-refractivity contribution in [3.05, 3.63) is 0 Å². The van der Waals surface area contributed by atoms with Crippen molar-refractivity contribution >= 4 is 17.8 Å². The Morgan fingerprint density at radius 1 is 1.22 bits per heavy atom. The number of nitrogens with one attached hydrogen (secondary N) is 2. The lowest BCUT2D eigenvalue weighted by molar-refractivity contribution is -0.140. The maximum Gasteiger partial charge on any atom is 0.344 e. The third-order valence-corrected chi connectivity index (χ3v) is 5.34. The number of piperidine rings is 1. The number of rotatable bonds is 3. The van der Waals surface area contributed by atoms with E-state index in [9.17, 15) is 14.4 Å². The number of imide groups is 1. The molecule has 2 heterocycles. The van der Waals surface area contributed by atoms with Crippen LogP contribution in [0.3, 0.4) is 0 Å². The number of likely N-dealkylation sites (tertiary alicyclic amines) is 1. The fourth-order valence-electron chi connectivity index (χ4n) is 3.80. The van der Waals surface area contributed by atoms with E-state index in [1.54, 1.807) is 0 Å². The van der Waals surface area contributed by atoms with E-state index < -0.39 is 11.6 Å². The molecule has 7 heteroatoms. The van der Waals surface area contributed by atoms with Gasteiger partial charge in [-0.2, -0.15) is 5.01 Å². The largest absolute Gasteiger partial charge is 0.344 e. The summed E-state index contributed by atoms with van der Waals surface area (Å²) in [6.45, 7) is 4.19. The highest BCUT2D eigenvalue weighted by Gasteiger charge is 2.52. The molecule has 4 amide bonds. The van der Waals surface area contributed by atoms with Gasteiger partial charge in [-0.05, 0) is 57.5 Å². The lowest BCUT2D eigenvalue weighted by Crippen LogP contribution is -2.53. The van der Waals surface area contributed by atoms with Crippen molar-refractivity contribution < 1.29 is 14.4 Å². The molecule has 1 aliphatic carbocycles. The van der Waals surface area contributed by atoms with Gasteiger partial charge in [0.2, 0.25) is 0 Å². The molecule has 3 fully saturated rings. The van der Waals surface area contributed by atoms with Crippen molar-refractivity contribution in [1.82, 2.24) is 20.7 Å². The predicted octanol–water partition coefficient (Wildman–Crippen LogP) is 1.00. The van der Waals surface area contributed by atoms with Crippen molar-refractivity contribution in [2.24, 2.45) is 5.92 Å². The molecular formula is C16H26N4O3. The van der Waals surface area contributed by atoms with Gasteiger partial charge >= 0.3 is 6.03 Å². The first-order valence-corrected chi connectivity index (χ1v) is 8.69. The van der Waals surface area contributed by atoms with Crippen LogP contribution in [-0.4, -0.2) is 52.9 Å². The van der Waals surface area contributed by atoms with Crippen LogP contribution in [0, 0.1) is 5.92 Å². The van der Waals surface area contributed by atoms with E-state index >= 15 is 0 Å². The van der Waals surface area contributed by atoms with E-state index in [1.165, 1.54) is 6.42 Å². The Kier molecular flexibility index (Phi) is 4.57. The zero-order valence-electron chi connectivity index (χ0n) is 13.8. The highest BCUT2D eigenvalue weighted by Crippen LogP contribution is 2.35. The molecule has 0 aromatic rings. The van der Waals surface area contributed by atoms with Crippen LogP contribution in [-0.2, 0) is 9.59 Å². The van der Waals surface area contributed by atoms with Gasteiger partial charge < -0.3 is 5.32 Å². The molecule has 0 aromatic carbocycles. The number of amides is 4. The number of carbonyl (C=O) groups is 3. The molecule has 0 atom stereocenters. The number of urea groups is 1. The van der Waals surface area contributed by atoms with Gasteiger partial charge in [0, 0.05) is 0 Å². The molecule has 2 saturated heterocycles. The van der Waals surface area contributed by atoms with E-state index in [1.807, 2.05) is 0 Å². The number of hydrazine groups is 1. The monoisotopic (exact) mass is 322 g/mol. The Balaban J connectivity index is 1.58. The molecule has 2 N–H and O–H groups in total. The molecule has 1 saturated carbocycles. The van der Waals surface area contributed by atoms with Crippen LogP contribution in [0.4, 0.5) is 4.79 Å². The minimum absolute atomic E-state index is 0.237. The number of nitrogens with zero attached hydrogens (tertiary/aromatic N) is 2. The second kappa shape index (κ2) is 6.47. The SMILES string of the molecule is CC1CCC2(CC1)NC(=O)N(NC(=O)CN1CCCCC1)C2=O. The van der Waals surface area contributed by atoms with Crippen molar-refractivity contribution in [3.8, 4) is 0 Å². The summed E-state index contributed by atoms with van der Waals surface area (Å²) in [5.74, 6) is -0.0221. The zero-order valence-corrected chi connectivity index (χ0v) is 13.8. The van der Waals surface area contributed by atoms with Gasteiger partial charge in [0.25, 0.3) is 11.8 Å². The van der Waals surface area contributed by atoms with E-state index in [4.69, 9.17) is 0 Å². The van der Waals surface area contributed by atoms with Crippen molar-refractivity contribution in [1.29, 1.82) is 0 Å². The van der Waals surface area contributed by atoms with Crippen LogP contribution >= 0.6 is 0 Å². The van der Waals surface area contributed by atoms with E-state index in [2.05, 4.69) is 22.6 Å². The molecule has 0 unspecified atom stereocenters. The molecule has 0 bridgehead atoms. The van der Waals surface area contributed by atoms with Crippen LogP contribution in [0.2, 0.25) is 0 Å². The highest BCUT2D eigenvalue weighted by atomic mass is 16.2. The molecule has 3 aliphatic rings. The second-order valence-electron chi connectivity index (χ2n) is 7.21. The number of hydrogen-bond acceptors (Lipinski definition) is 4. The Labute approximate surface area is 136 Å². The van der Waals surface area contributed by atoms with Crippen molar-refractivity contribution in [3.63, 3.8) is 0 Å². The summed E-state index contributed by atoms with van der Waals surface area (Å²) in [5.41, 5.74) is 1.70. The lowest BCUT2D eigenvalue weighted by atomic mass is 9.77. The molecule has 128 valence electrons.